The van der Waals surface area contributed by atoms with Crippen molar-refractivity contribution in [3.63, 3.8) is 0 Å². The average molecular weight is 458 g/mol. The first-order valence-electron chi connectivity index (χ1n) is 12.2. The Morgan fingerprint density at radius 3 is 1.68 bits per heavy atom. The molecule has 1 N–H and O–H groups in total. The monoisotopic (exact) mass is 457 g/mol. The molecular weight excluding hydrogens is 410 g/mol. The van der Waals surface area contributed by atoms with Gasteiger partial charge in [-0.3, -0.25) is 0 Å². The van der Waals surface area contributed by atoms with Crippen LogP contribution < -0.4 is 0 Å². The van der Waals surface area contributed by atoms with E-state index in [2.05, 4.69) is 20.8 Å². The molecule has 1 aromatic carbocycles. The van der Waals surface area contributed by atoms with E-state index in [1.165, 1.54) is 101 Å². The van der Waals surface area contributed by atoms with Crippen molar-refractivity contribution in [1.82, 2.24) is 0 Å². The third kappa shape index (κ3) is 14.7. The Morgan fingerprint density at radius 2 is 1.19 bits per heavy atom. The summed E-state index contributed by atoms with van der Waals surface area (Å²) in [6, 6.07) is 5.78. The molecule has 1 atom stereocenters. The zero-order chi connectivity index (χ0) is 23.6. The molecule has 0 aromatic heterocycles. The minimum Gasteiger partial charge on any atom is -0.744 e. The molecule has 0 saturated carbocycles. The van der Waals surface area contributed by atoms with Crippen LogP contribution in [0.15, 0.2) is 29.2 Å². The summed E-state index contributed by atoms with van der Waals surface area (Å²) in [7, 11) is -4.27. The number of hydrogen-bond donors (Lipinski definition) is 1. The molecule has 0 aliphatic heterocycles. The largest absolute Gasteiger partial charge is 0.744 e. The highest BCUT2D eigenvalue weighted by Gasteiger charge is 2.25. The van der Waals surface area contributed by atoms with Crippen molar-refractivity contribution in [1.29, 1.82) is 0 Å². The van der Waals surface area contributed by atoms with Crippen LogP contribution in [0.25, 0.3) is 0 Å². The van der Waals surface area contributed by atoms with Gasteiger partial charge in [0.25, 0.3) is 0 Å². The van der Waals surface area contributed by atoms with Crippen LogP contribution in [0.4, 0.5) is 0 Å². The SMILES string of the molecule is CCCCCC[N+](CCCC)(CCCO)CCCCC.Cc1ccc(S(=O)(=O)[O-])cc1. The number of hydrogen-bond acceptors (Lipinski definition) is 4. The van der Waals surface area contributed by atoms with Crippen molar-refractivity contribution in [3.05, 3.63) is 29.8 Å². The first-order chi connectivity index (χ1) is 14.7. The Kier molecular flexibility index (Phi) is 17.0. The molecule has 0 heterocycles. The van der Waals surface area contributed by atoms with Gasteiger partial charge in [0, 0.05) is 13.0 Å². The second-order valence-corrected chi connectivity index (χ2v) is 10.1. The van der Waals surface area contributed by atoms with Crippen molar-refractivity contribution < 1.29 is 22.6 Å². The summed E-state index contributed by atoms with van der Waals surface area (Å²) < 4.78 is 32.4. The predicted molar refractivity (Wildman–Crippen MR) is 129 cm³/mol. The van der Waals surface area contributed by atoms with Gasteiger partial charge in [0.15, 0.2) is 0 Å². The topological polar surface area (TPSA) is 77.4 Å². The molecule has 0 fully saturated rings. The number of aryl methyl sites for hydroxylation is 1. The van der Waals surface area contributed by atoms with E-state index in [0.717, 1.165) is 12.0 Å². The van der Waals surface area contributed by atoms with E-state index in [9.17, 15) is 18.1 Å². The van der Waals surface area contributed by atoms with Crippen LogP contribution in [0, 0.1) is 6.92 Å². The van der Waals surface area contributed by atoms with Crippen LogP contribution in [0.1, 0.15) is 90.5 Å². The van der Waals surface area contributed by atoms with Crippen molar-refractivity contribution in [2.45, 2.75) is 96.8 Å². The van der Waals surface area contributed by atoms with Crippen LogP contribution in [0.2, 0.25) is 0 Å². The number of nitrogens with zero attached hydrogens (tertiary/aromatic N) is 1. The predicted octanol–water partition coefficient (Wildman–Crippen LogP) is 5.66. The van der Waals surface area contributed by atoms with Gasteiger partial charge in [0.2, 0.25) is 0 Å². The smallest absolute Gasteiger partial charge is 0.124 e. The normalized spacial score (nSPS) is 13.4. The molecule has 0 aliphatic rings. The summed E-state index contributed by atoms with van der Waals surface area (Å²) in [5.41, 5.74) is 0.928. The van der Waals surface area contributed by atoms with Crippen molar-refractivity contribution in [3.8, 4) is 0 Å². The summed E-state index contributed by atoms with van der Waals surface area (Å²) in [4.78, 5) is -0.178. The first kappa shape index (κ1) is 30.0. The minimum absolute atomic E-state index is 0.178. The van der Waals surface area contributed by atoms with Crippen LogP contribution >= 0.6 is 0 Å². The second-order valence-electron chi connectivity index (χ2n) is 8.70. The Balaban J connectivity index is 0.000000683. The van der Waals surface area contributed by atoms with Gasteiger partial charge in [-0.05, 0) is 51.2 Å². The van der Waals surface area contributed by atoms with E-state index in [4.69, 9.17) is 0 Å². The molecule has 0 saturated heterocycles. The molecule has 1 unspecified atom stereocenters. The van der Waals surface area contributed by atoms with Crippen LogP contribution in [0.5, 0.6) is 0 Å². The maximum atomic E-state index is 10.4. The fourth-order valence-corrected chi connectivity index (χ4v) is 4.32. The molecule has 0 aliphatic carbocycles. The second kappa shape index (κ2) is 17.6. The van der Waals surface area contributed by atoms with E-state index >= 15 is 0 Å². The summed E-state index contributed by atoms with van der Waals surface area (Å²) in [5, 5.41) is 9.23. The molecular formula is C25H47NO4S. The highest BCUT2D eigenvalue weighted by Crippen LogP contribution is 2.17. The number of unbranched alkanes of at least 4 members (excludes halogenated alkanes) is 6. The highest BCUT2D eigenvalue weighted by molar-refractivity contribution is 7.85. The summed E-state index contributed by atoms with van der Waals surface area (Å²) in [6.45, 7) is 14.2. The molecule has 31 heavy (non-hydrogen) atoms. The molecule has 0 spiro atoms. The lowest BCUT2D eigenvalue weighted by molar-refractivity contribution is -0.929. The van der Waals surface area contributed by atoms with Gasteiger partial charge in [-0.25, -0.2) is 8.42 Å². The van der Waals surface area contributed by atoms with Crippen molar-refractivity contribution >= 4 is 10.1 Å². The molecule has 182 valence electrons. The summed E-state index contributed by atoms with van der Waals surface area (Å²) in [6.07, 6.45) is 13.1. The highest BCUT2D eigenvalue weighted by atomic mass is 32.2. The Morgan fingerprint density at radius 1 is 0.742 bits per heavy atom. The van der Waals surface area contributed by atoms with Gasteiger partial charge >= 0.3 is 0 Å². The molecule has 6 heteroatoms. The van der Waals surface area contributed by atoms with Crippen molar-refractivity contribution in [2.75, 3.05) is 32.8 Å². The Labute approximate surface area is 192 Å². The van der Waals surface area contributed by atoms with Gasteiger partial charge < -0.3 is 14.1 Å². The number of aliphatic hydroxyl groups is 1. The fourth-order valence-electron chi connectivity index (χ4n) is 3.85. The van der Waals surface area contributed by atoms with E-state index < -0.39 is 10.1 Å². The zero-order valence-corrected chi connectivity index (χ0v) is 21.3. The summed E-state index contributed by atoms with van der Waals surface area (Å²) in [5.74, 6) is 0. The number of rotatable bonds is 16. The number of benzene rings is 1. The van der Waals surface area contributed by atoms with Gasteiger partial charge in [-0.1, -0.05) is 64.2 Å². The van der Waals surface area contributed by atoms with Crippen LogP contribution in [-0.2, 0) is 10.1 Å². The molecule has 0 amide bonds. The molecule has 1 aromatic rings. The van der Waals surface area contributed by atoms with E-state index in [-0.39, 0.29) is 4.90 Å². The Bertz CT molecular complexity index is 636. The minimum atomic E-state index is -4.27. The molecule has 0 radical (unpaired) electrons. The van der Waals surface area contributed by atoms with Gasteiger partial charge in [0.1, 0.15) is 10.1 Å². The lowest BCUT2D eigenvalue weighted by Gasteiger charge is -2.39. The lowest BCUT2D eigenvalue weighted by atomic mass is 10.1. The first-order valence-corrected chi connectivity index (χ1v) is 13.6. The van der Waals surface area contributed by atoms with E-state index in [1.54, 1.807) is 12.1 Å². The maximum absolute atomic E-state index is 10.4. The van der Waals surface area contributed by atoms with Gasteiger partial charge in [-0.2, -0.15) is 0 Å². The summed E-state index contributed by atoms with van der Waals surface area (Å²) >= 11 is 0. The number of aliphatic hydroxyl groups excluding tert-OH is 1. The van der Waals surface area contributed by atoms with Gasteiger partial charge in [-0.15, -0.1) is 0 Å². The third-order valence-electron chi connectivity index (χ3n) is 5.81. The lowest BCUT2D eigenvalue weighted by Crippen LogP contribution is -2.51. The van der Waals surface area contributed by atoms with Gasteiger partial charge in [0.05, 0.1) is 31.1 Å². The zero-order valence-electron chi connectivity index (χ0n) is 20.4. The third-order valence-corrected chi connectivity index (χ3v) is 6.66. The van der Waals surface area contributed by atoms with Crippen LogP contribution in [0.3, 0.4) is 0 Å². The fraction of sp³-hybridized carbons (Fsp3) is 0.760. The standard InChI is InChI=1S/C18H40NO.C7H8O3S/c1-4-7-10-12-16-19(14-9-6-3,17-13-18-20)15-11-8-5-2;1-6-2-4-7(5-3-6)11(8,9)10/h20H,4-18H2,1-3H3;2-5H,1H3,(H,8,9,10)/q+1;/p-1. The quantitative estimate of drug-likeness (QED) is 0.197. The van der Waals surface area contributed by atoms with E-state index in [1.807, 2.05) is 6.92 Å². The van der Waals surface area contributed by atoms with Crippen molar-refractivity contribution in [2.24, 2.45) is 0 Å². The molecule has 1 rings (SSSR count). The number of quaternary nitrogens is 1. The molecule has 0 bridgehead atoms. The van der Waals surface area contributed by atoms with Crippen LogP contribution in [-0.4, -0.2) is 55.3 Å². The maximum Gasteiger partial charge on any atom is 0.124 e. The average Bonchev–Trinajstić information content (AvgIpc) is 2.74. The molecule has 5 nitrogen and oxygen atoms in total. The Hall–Kier alpha value is -0.950. The van der Waals surface area contributed by atoms with E-state index in [0.29, 0.717) is 6.61 Å².